The van der Waals surface area contributed by atoms with E-state index >= 15 is 0 Å². The number of carbonyl (C=O) groups is 3. The van der Waals surface area contributed by atoms with Gasteiger partial charge in [0.25, 0.3) is 5.91 Å². The number of hydrogen-bond acceptors (Lipinski definition) is 9. The lowest BCUT2D eigenvalue weighted by Crippen LogP contribution is -2.62. The van der Waals surface area contributed by atoms with Gasteiger partial charge in [-0.1, -0.05) is 0 Å². The molecule has 3 amide bonds. The summed E-state index contributed by atoms with van der Waals surface area (Å²) in [5.41, 5.74) is 9.49. The Labute approximate surface area is 185 Å². The highest BCUT2D eigenvalue weighted by molar-refractivity contribution is 7.80. The summed E-state index contributed by atoms with van der Waals surface area (Å²) < 4.78 is 72.7. The first-order valence-electron chi connectivity index (χ1n) is 9.56. The molecule has 0 saturated carbocycles. The molecule has 0 aliphatic carbocycles. The molecule has 0 aromatic rings. The molecule has 3 aliphatic heterocycles. The number of amides is 3. The van der Waals surface area contributed by atoms with Gasteiger partial charge >= 0.3 is 28.6 Å². The van der Waals surface area contributed by atoms with E-state index in [9.17, 15) is 31.2 Å². The summed E-state index contributed by atoms with van der Waals surface area (Å²) in [7, 11) is -4.87. The average Bonchev–Trinajstić information content (AvgIpc) is 3.25. The predicted molar refractivity (Wildman–Crippen MR) is 100 cm³/mol. The van der Waals surface area contributed by atoms with Gasteiger partial charge in [0.1, 0.15) is 0 Å². The van der Waals surface area contributed by atoms with Crippen molar-refractivity contribution < 1.29 is 54.7 Å². The number of alkyl halides is 3. The van der Waals surface area contributed by atoms with Crippen molar-refractivity contribution in [2.75, 3.05) is 26.2 Å². The van der Waals surface area contributed by atoms with Crippen molar-refractivity contribution in [1.82, 2.24) is 15.3 Å². The van der Waals surface area contributed by atoms with Gasteiger partial charge in [0.2, 0.25) is 5.72 Å². The second kappa shape index (κ2) is 9.94. The molecule has 3 heterocycles. The van der Waals surface area contributed by atoms with Crippen molar-refractivity contribution >= 4 is 28.3 Å². The zero-order chi connectivity index (χ0) is 25.2. The Morgan fingerprint density at radius 1 is 1.33 bits per heavy atom. The fourth-order valence-corrected chi connectivity index (χ4v) is 4.15. The molecule has 2 unspecified atom stereocenters. The van der Waals surface area contributed by atoms with Crippen molar-refractivity contribution in [1.29, 1.82) is 0 Å². The van der Waals surface area contributed by atoms with Gasteiger partial charge in [0, 0.05) is 19.0 Å². The smallest absolute Gasteiger partial charge is 0.475 e. The van der Waals surface area contributed by atoms with Crippen LogP contribution in [0.3, 0.4) is 0 Å². The van der Waals surface area contributed by atoms with Gasteiger partial charge in [-0.15, -0.1) is 4.28 Å². The molecular formula is C15H24F3N5O9S. The van der Waals surface area contributed by atoms with Gasteiger partial charge < -0.3 is 26.6 Å². The number of rotatable bonds is 7. The van der Waals surface area contributed by atoms with Crippen LogP contribution in [0.2, 0.25) is 0 Å². The van der Waals surface area contributed by atoms with Crippen LogP contribution in [-0.4, -0.2) is 96.2 Å². The Morgan fingerprint density at radius 3 is 2.39 bits per heavy atom. The number of carboxylic acids is 1. The number of fused-ring (bicyclic) bond motifs is 2. The second-order valence-corrected chi connectivity index (χ2v) is 8.62. The number of piperidine rings is 1. The van der Waals surface area contributed by atoms with Gasteiger partial charge in [-0.05, 0) is 31.8 Å². The van der Waals surface area contributed by atoms with Gasteiger partial charge in [-0.2, -0.15) is 26.7 Å². The minimum Gasteiger partial charge on any atom is -0.475 e. The lowest BCUT2D eigenvalue weighted by molar-refractivity contribution is -0.192. The van der Waals surface area contributed by atoms with Gasteiger partial charge in [0.15, 0.2) is 0 Å². The lowest BCUT2D eigenvalue weighted by Gasteiger charge is -2.40. The van der Waals surface area contributed by atoms with E-state index in [0.29, 0.717) is 17.5 Å². The van der Waals surface area contributed by atoms with Crippen molar-refractivity contribution in [3.05, 3.63) is 0 Å². The summed E-state index contributed by atoms with van der Waals surface area (Å²) in [5.74, 6) is -3.28. The van der Waals surface area contributed by atoms with Crippen LogP contribution >= 0.6 is 0 Å². The first-order chi connectivity index (χ1) is 15.1. The topological polar surface area (TPSA) is 215 Å². The molecule has 0 aromatic heterocycles. The van der Waals surface area contributed by atoms with E-state index in [4.69, 9.17) is 30.7 Å². The molecule has 3 rings (SSSR count). The molecule has 3 saturated heterocycles. The normalized spacial score (nSPS) is 29.6. The third-order valence-corrected chi connectivity index (χ3v) is 5.72. The van der Waals surface area contributed by atoms with Gasteiger partial charge in [0.05, 0.1) is 12.6 Å². The molecule has 7 N–H and O–H groups in total. The van der Waals surface area contributed by atoms with E-state index in [1.54, 1.807) is 0 Å². The number of primary amides is 1. The maximum absolute atomic E-state index is 12.5. The number of carbonyl (C=O) groups excluding carboxylic acids is 2. The van der Waals surface area contributed by atoms with E-state index < -0.39 is 46.2 Å². The fourth-order valence-electron chi connectivity index (χ4n) is 3.76. The molecule has 33 heavy (non-hydrogen) atoms. The van der Waals surface area contributed by atoms with Crippen LogP contribution in [-0.2, 0) is 29.0 Å². The standard InChI is InChI=1S/C13H23N5O7S.C2HF3O2/c14-4-8-3-9(16-5-8)7-24-13(11(15)19)2-1-10-6-17(13)12(20)18(10)25-26(21,22)23;3-2(4,5)1(6)7/h8-10,16H,1-7,14H2,(H2,15,19)(H,21,22,23);(H,6,7)/t8-,9-,10?,13?;/m1./s1. The molecule has 0 radical (unpaired) electrons. The Bertz CT molecular complexity index is 874. The van der Waals surface area contributed by atoms with Crippen LogP contribution in [0.25, 0.3) is 0 Å². The number of ether oxygens (including phenoxy) is 1. The minimum atomic E-state index is -5.08. The molecule has 190 valence electrons. The molecule has 14 nitrogen and oxygen atoms in total. The van der Waals surface area contributed by atoms with E-state index in [0.717, 1.165) is 17.9 Å². The summed E-state index contributed by atoms with van der Waals surface area (Å²) in [4.78, 5) is 34.6. The number of hydrogen-bond donors (Lipinski definition) is 5. The number of halogens is 3. The number of urea groups is 1. The number of nitrogens with zero attached hydrogens (tertiary/aromatic N) is 2. The third-order valence-electron chi connectivity index (χ3n) is 5.37. The Balaban J connectivity index is 0.000000479. The number of nitrogens with one attached hydrogen (secondary N) is 1. The van der Waals surface area contributed by atoms with E-state index in [2.05, 4.69) is 9.60 Å². The molecule has 2 bridgehead atoms. The quantitative estimate of drug-likeness (QED) is 0.247. The summed E-state index contributed by atoms with van der Waals surface area (Å²) in [6.07, 6.45) is -3.98. The number of hydroxylamine groups is 2. The largest absolute Gasteiger partial charge is 0.490 e. The highest BCUT2D eigenvalue weighted by Crippen LogP contribution is 2.38. The molecule has 3 fully saturated rings. The van der Waals surface area contributed by atoms with Crippen molar-refractivity contribution in [2.45, 2.75) is 43.2 Å². The number of nitrogens with two attached hydrogens (primary N) is 2. The summed E-state index contributed by atoms with van der Waals surface area (Å²) in [6, 6.07) is -1.56. The Morgan fingerprint density at radius 2 is 1.94 bits per heavy atom. The molecule has 0 spiro atoms. The number of aliphatic carboxylic acids is 1. The average molecular weight is 507 g/mol. The molecule has 4 atom stereocenters. The SMILES string of the molecule is NC[C@@H]1CN[C@@H](COC2(C(N)=O)CCC3CN2C(=O)N3OS(=O)(=O)O)C1.O=C(O)C(F)(F)F. The van der Waals surface area contributed by atoms with E-state index in [1.807, 2.05) is 0 Å². The van der Waals surface area contributed by atoms with Crippen LogP contribution in [0, 0.1) is 5.92 Å². The van der Waals surface area contributed by atoms with Gasteiger partial charge in [-0.3, -0.25) is 14.2 Å². The highest BCUT2D eigenvalue weighted by Gasteiger charge is 2.58. The zero-order valence-electron chi connectivity index (χ0n) is 17.0. The predicted octanol–water partition coefficient (Wildman–Crippen LogP) is -1.61. The molecule has 18 heteroatoms. The number of carboxylic acid groups (broad SMARTS) is 1. The third kappa shape index (κ3) is 6.42. The Hall–Kier alpha value is -2.25. The van der Waals surface area contributed by atoms with Gasteiger partial charge in [-0.25, -0.2) is 9.59 Å². The Kier molecular flexibility index (Phi) is 8.13. The molecule has 0 aromatic carbocycles. The fraction of sp³-hybridized carbons (Fsp3) is 0.800. The van der Waals surface area contributed by atoms with E-state index in [1.165, 1.54) is 0 Å². The van der Waals surface area contributed by atoms with E-state index in [-0.39, 0.29) is 32.0 Å². The summed E-state index contributed by atoms with van der Waals surface area (Å²) in [5, 5.41) is 10.9. The van der Waals surface area contributed by atoms with Crippen LogP contribution in [0.4, 0.5) is 18.0 Å². The van der Waals surface area contributed by atoms with Crippen LogP contribution in [0.15, 0.2) is 0 Å². The zero-order valence-corrected chi connectivity index (χ0v) is 17.8. The van der Waals surface area contributed by atoms with Crippen molar-refractivity contribution in [3.63, 3.8) is 0 Å². The maximum Gasteiger partial charge on any atom is 0.490 e. The van der Waals surface area contributed by atoms with Crippen molar-refractivity contribution in [2.24, 2.45) is 17.4 Å². The summed E-state index contributed by atoms with van der Waals surface area (Å²) >= 11 is 0. The summed E-state index contributed by atoms with van der Waals surface area (Å²) in [6.45, 7) is 1.43. The first kappa shape index (κ1) is 27.0. The second-order valence-electron chi connectivity index (χ2n) is 7.62. The monoisotopic (exact) mass is 507 g/mol. The minimum absolute atomic E-state index is 0.000807. The molecule has 3 aliphatic rings. The first-order valence-corrected chi connectivity index (χ1v) is 10.9. The van der Waals surface area contributed by atoms with Crippen molar-refractivity contribution in [3.8, 4) is 0 Å². The maximum atomic E-state index is 12.5. The van der Waals surface area contributed by atoms with Crippen LogP contribution < -0.4 is 16.8 Å². The van der Waals surface area contributed by atoms with Crippen LogP contribution in [0.5, 0.6) is 0 Å². The highest BCUT2D eigenvalue weighted by atomic mass is 32.3. The lowest BCUT2D eigenvalue weighted by atomic mass is 9.96. The van der Waals surface area contributed by atoms with Crippen LogP contribution in [0.1, 0.15) is 19.3 Å². The molecular weight excluding hydrogens is 483 g/mol.